The normalized spacial score (nSPS) is 14.9. The molecule has 3 heterocycles. The Labute approximate surface area is 195 Å². The summed E-state index contributed by atoms with van der Waals surface area (Å²) in [7, 11) is 0. The van der Waals surface area contributed by atoms with Gasteiger partial charge in [-0.15, -0.1) is 0 Å². The number of nitrogens with one attached hydrogen (secondary N) is 3. The fourth-order valence-corrected chi connectivity index (χ4v) is 4.33. The number of aromatic amines is 1. The fraction of sp³-hybridized carbons (Fsp3) is 0.423. The van der Waals surface area contributed by atoms with Gasteiger partial charge in [-0.25, -0.2) is 4.98 Å². The van der Waals surface area contributed by atoms with Crippen LogP contribution in [0.3, 0.4) is 0 Å². The van der Waals surface area contributed by atoms with Crippen LogP contribution in [0.1, 0.15) is 44.2 Å². The van der Waals surface area contributed by atoms with Gasteiger partial charge in [-0.1, -0.05) is 38.1 Å². The molecule has 3 aromatic rings. The molecule has 1 fully saturated rings. The molecule has 0 spiro atoms. The molecule has 1 aliphatic rings. The molecule has 0 bridgehead atoms. The molecule has 1 aromatic carbocycles. The van der Waals surface area contributed by atoms with Crippen molar-refractivity contribution in [1.29, 1.82) is 0 Å². The van der Waals surface area contributed by atoms with Crippen molar-refractivity contribution < 1.29 is 9.59 Å². The van der Waals surface area contributed by atoms with E-state index < -0.39 is 6.04 Å². The second-order valence-corrected chi connectivity index (χ2v) is 9.03. The standard InChI is InChI=1S/C26H33N5O2/c1-18(2)25(32)30-23(15-20-17-28-22-11-5-4-10-21(20)22)26(33)29-16-19-9-8-12-27-24(19)31-13-6-3-7-14-31/h4-5,8-12,17-18,23,28H,3,6-7,13-16H2,1-2H3,(H,29,33)(H,30,32). The number of hydrogen-bond donors (Lipinski definition) is 3. The molecule has 0 aliphatic carbocycles. The Kier molecular flexibility index (Phi) is 7.27. The first-order chi connectivity index (χ1) is 16.0. The quantitative estimate of drug-likeness (QED) is 0.493. The molecule has 1 aliphatic heterocycles. The van der Waals surface area contributed by atoms with Crippen molar-refractivity contribution >= 4 is 28.5 Å². The van der Waals surface area contributed by atoms with Gasteiger partial charge in [0.1, 0.15) is 11.9 Å². The summed E-state index contributed by atoms with van der Waals surface area (Å²) in [5.41, 5.74) is 3.02. The maximum Gasteiger partial charge on any atom is 0.243 e. The third kappa shape index (κ3) is 5.53. The summed E-state index contributed by atoms with van der Waals surface area (Å²) in [6.07, 6.45) is 7.72. The number of amides is 2. The Morgan fingerprint density at radius 2 is 1.82 bits per heavy atom. The highest BCUT2D eigenvalue weighted by atomic mass is 16.2. The van der Waals surface area contributed by atoms with E-state index in [1.807, 2.05) is 56.4 Å². The van der Waals surface area contributed by atoms with Gasteiger partial charge in [0, 0.05) is 60.8 Å². The first kappa shape index (κ1) is 22.8. The van der Waals surface area contributed by atoms with Crippen molar-refractivity contribution in [1.82, 2.24) is 20.6 Å². The Morgan fingerprint density at radius 1 is 1.03 bits per heavy atom. The van der Waals surface area contributed by atoms with Gasteiger partial charge < -0.3 is 20.5 Å². The van der Waals surface area contributed by atoms with Gasteiger partial charge in [-0.2, -0.15) is 0 Å². The maximum atomic E-state index is 13.3. The minimum atomic E-state index is -0.658. The van der Waals surface area contributed by atoms with Crippen LogP contribution in [0.2, 0.25) is 0 Å². The highest BCUT2D eigenvalue weighted by Gasteiger charge is 2.24. The molecule has 7 heteroatoms. The van der Waals surface area contributed by atoms with Crippen molar-refractivity contribution in [3.05, 3.63) is 59.9 Å². The predicted molar refractivity (Wildman–Crippen MR) is 131 cm³/mol. The van der Waals surface area contributed by atoms with Gasteiger partial charge >= 0.3 is 0 Å². The number of hydrogen-bond acceptors (Lipinski definition) is 4. The van der Waals surface area contributed by atoms with Crippen LogP contribution in [0.5, 0.6) is 0 Å². The van der Waals surface area contributed by atoms with Gasteiger partial charge in [-0.05, 0) is 37.0 Å². The Balaban J connectivity index is 1.49. The van der Waals surface area contributed by atoms with Crippen molar-refractivity contribution in [3.8, 4) is 0 Å². The summed E-state index contributed by atoms with van der Waals surface area (Å²) in [6.45, 7) is 6.02. The summed E-state index contributed by atoms with van der Waals surface area (Å²) in [4.78, 5) is 35.9. The second kappa shape index (κ2) is 10.5. The number of carbonyl (C=O) groups excluding carboxylic acids is 2. The summed E-state index contributed by atoms with van der Waals surface area (Å²) >= 11 is 0. The van der Waals surface area contributed by atoms with E-state index in [9.17, 15) is 9.59 Å². The molecule has 1 atom stereocenters. The zero-order valence-corrected chi connectivity index (χ0v) is 19.4. The van der Waals surface area contributed by atoms with Crippen LogP contribution in [0, 0.1) is 5.92 Å². The van der Waals surface area contributed by atoms with Crippen molar-refractivity contribution in [2.45, 2.75) is 52.1 Å². The summed E-state index contributed by atoms with van der Waals surface area (Å²) < 4.78 is 0. The number of piperidine rings is 1. The Hall–Kier alpha value is -3.35. The maximum absolute atomic E-state index is 13.3. The molecule has 2 aromatic heterocycles. The average molecular weight is 448 g/mol. The Morgan fingerprint density at radius 3 is 2.61 bits per heavy atom. The van der Waals surface area contributed by atoms with Crippen molar-refractivity contribution in [2.75, 3.05) is 18.0 Å². The molecule has 2 amide bonds. The van der Waals surface area contributed by atoms with Crippen LogP contribution in [-0.2, 0) is 22.6 Å². The summed E-state index contributed by atoms with van der Waals surface area (Å²) in [6, 6.07) is 11.2. The topological polar surface area (TPSA) is 90.1 Å². The van der Waals surface area contributed by atoms with Crippen molar-refractivity contribution in [2.24, 2.45) is 5.92 Å². The number of para-hydroxylation sites is 1. The third-order valence-electron chi connectivity index (χ3n) is 6.23. The lowest BCUT2D eigenvalue weighted by Gasteiger charge is -2.29. The van der Waals surface area contributed by atoms with Crippen LogP contribution in [0.4, 0.5) is 5.82 Å². The predicted octanol–water partition coefficient (Wildman–Crippen LogP) is 3.55. The number of pyridine rings is 1. The third-order valence-corrected chi connectivity index (χ3v) is 6.23. The molecule has 33 heavy (non-hydrogen) atoms. The zero-order chi connectivity index (χ0) is 23.2. The van der Waals surface area contributed by atoms with Crippen LogP contribution in [0.15, 0.2) is 48.8 Å². The van der Waals surface area contributed by atoms with E-state index in [4.69, 9.17) is 0 Å². The number of H-pyrrole nitrogens is 1. The fourth-order valence-electron chi connectivity index (χ4n) is 4.33. The van der Waals surface area contributed by atoms with Crippen LogP contribution < -0.4 is 15.5 Å². The SMILES string of the molecule is CC(C)C(=O)NC(Cc1c[nH]c2ccccc12)C(=O)NCc1cccnc1N1CCCCC1. The second-order valence-electron chi connectivity index (χ2n) is 9.03. The molecule has 7 nitrogen and oxygen atoms in total. The number of nitrogens with zero attached hydrogens (tertiary/aromatic N) is 2. The molecule has 0 saturated carbocycles. The van der Waals surface area contributed by atoms with Gasteiger partial charge in [-0.3, -0.25) is 9.59 Å². The Bertz CT molecular complexity index is 1100. The summed E-state index contributed by atoms with van der Waals surface area (Å²) in [5.74, 6) is 0.414. The molecule has 4 rings (SSSR count). The number of carbonyl (C=O) groups is 2. The van der Waals surface area contributed by atoms with E-state index in [0.29, 0.717) is 13.0 Å². The lowest BCUT2D eigenvalue weighted by molar-refractivity contribution is -0.130. The molecule has 1 unspecified atom stereocenters. The van der Waals surface area contributed by atoms with E-state index in [1.54, 1.807) is 6.20 Å². The molecular weight excluding hydrogens is 414 g/mol. The van der Waals surface area contributed by atoms with Gasteiger partial charge in [0.25, 0.3) is 0 Å². The molecule has 1 saturated heterocycles. The number of rotatable bonds is 8. The molecule has 0 radical (unpaired) electrons. The first-order valence-electron chi connectivity index (χ1n) is 11.8. The van der Waals surface area contributed by atoms with E-state index in [-0.39, 0.29) is 17.7 Å². The largest absolute Gasteiger partial charge is 0.361 e. The van der Waals surface area contributed by atoms with Crippen molar-refractivity contribution in [3.63, 3.8) is 0 Å². The zero-order valence-electron chi connectivity index (χ0n) is 19.4. The van der Waals surface area contributed by atoms with Gasteiger partial charge in [0.15, 0.2) is 0 Å². The van der Waals surface area contributed by atoms with Crippen LogP contribution in [0.25, 0.3) is 10.9 Å². The number of benzene rings is 1. The van der Waals surface area contributed by atoms with Gasteiger partial charge in [0.2, 0.25) is 11.8 Å². The minimum Gasteiger partial charge on any atom is -0.361 e. The highest BCUT2D eigenvalue weighted by molar-refractivity contribution is 5.90. The van der Waals surface area contributed by atoms with Crippen LogP contribution in [-0.4, -0.2) is 40.9 Å². The van der Waals surface area contributed by atoms with E-state index in [1.165, 1.54) is 6.42 Å². The molecule has 174 valence electrons. The lowest BCUT2D eigenvalue weighted by Crippen LogP contribution is -2.49. The molecule has 3 N–H and O–H groups in total. The smallest absolute Gasteiger partial charge is 0.243 e. The minimum absolute atomic E-state index is 0.134. The highest BCUT2D eigenvalue weighted by Crippen LogP contribution is 2.22. The van der Waals surface area contributed by atoms with Gasteiger partial charge in [0.05, 0.1) is 0 Å². The number of anilines is 1. The van der Waals surface area contributed by atoms with E-state index in [2.05, 4.69) is 25.5 Å². The average Bonchev–Trinajstić information content (AvgIpc) is 3.25. The van der Waals surface area contributed by atoms with E-state index >= 15 is 0 Å². The summed E-state index contributed by atoms with van der Waals surface area (Å²) in [5, 5.41) is 7.06. The molecular formula is C26H33N5O2. The number of fused-ring (bicyclic) bond motifs is 1. The first-order valence-corrected chi connectivity index (χ1v) is 11.8. The number of aromatic nitrogens is 2. The van der Waals surface area contributed by atoms with Crippen LogP contribution >= 0.6 is 0 Å². The monoisotopic (exact) mass is 447 g/mol. The lowest BCUT2D eigenvalue weighted by atomic mass is 10.0. The van der Waals surface area contributed by atoms with E-state index in [0.717, 1.165) is 53.8 Å².